The van der Waals surface area contributed by atoms with Crippen molar-refractivity contribution in [3.63, 3.8) is 0 Å². The average molecular weight is 309 g/mol. The normalized spacial score (nSPS) is 15.3. The summed E-state index contributed by atoms with van der Waals surface area (Å²) in [4.78, 5) is 16.1. The molecule has 0 fully saturated rings. The number of fused-ring (bicyclic) bond motifs is 1. The Morgan fingerprint density at radius 1 is 1.20 bits per heavy atom. The van der Waals surface area contributed by atoms with Crippen molar-refractivity contribution in [3.8, 4) is 0 Å². The van der Waals surface area contributed by atoms with Gasteiger partial charge in [-0.05, 0) is 18.2 Å². The van der Waals surface area contributed by atoms with E-state index in [-0.39, 0.29) is 22.1 Å². The van der Waals surface area contributed by atoms with E-state index in [1.54, 1.807) is 12.1 Å². The number of halogens is 3. The van der Waals surface area contributed by atoms with Crippen molar-refractivity contribution in [2.24, 2.45) is 0 Å². The molecule has 1 aromatic carbocycles. The SMILES string of the molecule is O=C1Nc2c(Cl)ccnc2/C1=C/c1cccc(Cl)c1F. The van der Waals surface area contributed by atoms with E-state index in [1.165, 1.54) is 24.4 Å². The monoisotopic (exact) mass is 308 g/mol. The van der Waals surface area contributed by atoms with E-state index < -0.39 is 5.82 Å². The highest BCUT2D eigenvalue weighted by Gasteiger charge is 2.27. The van der Waals surface area contributed by atoms with Gasteiger partial charge in [-0.3, -0.25) is 9.78 Å². The van der Waals surface area contributed by atoms with E-state index in [0.29, 0.717) is 16.4 Å². The summed E-state index contributed by atoms with van der Waals surface area (Å²) in [6.07, 6.45) is 2.90. The standard InChI is InChI=1S/C14H7Cl2FN2O/c15-9-3-1-2-7(11(9)17)6-8-12-13(19-14(8)20)10(16)4-5-18-12/h1-6H,(H,19,20)/b8-6-. The summed E-state index contributed by atoms with van der Waals surface area (Å²) in [5.41, 5.74) is 1.32. The van der Waals surface area contributed by atoms with Crippen molar-refractivity contribution in [3.05, 3.63) is 57.6 Å². The second-order valence-corrected chi connectivity index (χ2v) is 4.99. The topological polar surface area (TPSA) is 42.0 Å². The first kappa shape index (κ1) is 13.1. The number of carbonyl (C=O) groups excluding carboxylic acids is 1. The van der Waals surface area contributed by atoms with Crippen LogP contribution in [0.25, 0.3) is 11.6 Å². The van der Waals surface area contributed by atoms with Gasteiger partial charge >= 0.3 is 0 Å². The third-order valence-corrected chi connectivity index (χ3v) is 3.53. The molecule has 1 aliphatic rings. The van der Waals surface area contributed by atoms with Crippen LogP contribution in [0.4, 0.5) is 10.1 Å². The van der Waals surface area contributed by atoms with Crippen molar-refractivity contribution in [1.82, 2.24) is 4.98 Å². The van der Waals surface area contributed by atoms with Gasteiger partial charge in [0.2, 0.25) is 0 Å². The van der Waals surface area contributed by atoms with Gasteiger partial charge in [0.15, 0.2) is 0 Å². The Morgan fingerprint density at radius 2 is 2.00 bits per heavy atom. The molecule has 1 amide bonds. The van der Waals surface area contributed by atoms with Crippen LogP contribution < -0.4 is 5.32 Å². The number of rotatable bonds is 1. The molecule has 0 unspecified atom stereocenters. The van der Waals surface area contributed by atoms with E-state index in [4.69, 9.17) is 23.2 Å². The molecule has 1 aromatic heterocycles. The Bertz CT molecular complexity index is 759. The Labute approximate surface area is 124 Å². The lowest BCUT2D eigenvalue weighted by Crippen LogP contribution is -2.04. The minimum atomic E-state index is -0.579. The molecule has 0 saturated heterocycles. The molecule has 3 rings (SSSR count). The Kier molecular flexibility index (Phi) is 3.20. The summed E-state index contributed by atoms with van der Waals surface area (Å²) >= 11 is 11.7. The van der Waals surface area contributed by atoms with Gasteiger partial charge in [-0.25, -0.2) is 4.39 Å². The van der Waals surface area contributed by atoms with E-state index in [1.807, 2.05) is 0 Å². The molecular weight excluding hydrogens is 302 g/mol. The maximum atomic E-state index is 13.9. The molecule has 6 heteroatoms. The third kappa shape index (κ3) is 2.07. The Morgan fingerprint density at radius 3 is 2.80 bits per heavy atom. The minimum absolute atomic E-state index is 0.00275. The van der Waals surface area contributed by atoms with Crippen LogP contribution in [0.15, 0.2) is 30.5 Å². The number of pyridine rings is 1. The van der Waals surface area contributed by atoms with E-state index >= 15 is 0 Å². The summed E-state index contributed by atoms with van der Waals surface area (Å²) in [6, 6.07) is 6.15. The first-order chi connectivity index (χ1) is 9.58. The molecule has 1 aliphatic heterocycles. The first-order valence-corrected chi connectivity index (χ1v) is 6.45. The van der Waals surface area contributed by atoms with Crippen LogP contribution in [0.2, 0.25) is 10.0 Å². The molecule has 0 spiro atoms. The van der Waals surface area contributed by atoms with Crippen molar-refractivity contribution < 1.29 is 9.18 Å². The predicted molar refractivity (Wildman–Crippen MR) is 77.2 cm³/mol. The maximum absolute atomic E-state index is 13.9. The molecular formula is C14H7Cl2FN2O. The van der Waals surface area contributed by atoms with Crippen LogP contribution in [-0.2, 0) is 4.79 Å². The number of nitrogens with one attached hydrogen (secondary N) is 1. The van der Waals surface area contributed by atoms with Gasteiger partial charge in [-0.1, -0.05) is 35.3 Å². The molecule has 0 aliphatic carbocycles. The number of nitrogens with zero attached hydrogens (tertiary/aromatic N) is 1. The lowest BCUT2D eigenvalue weighted by molar-refractivity contribution is -0.110. The Hall–Kier alpha value is -1.91. The van der Waals surface area contributed by atoms with Gasteiger partial charge in [0.1, 0.15) is 11.5 Å². The number of aromatic nitrogens is 1. The molecule has 3 nitrogen and oxygen atoms in total. The van der Waals surface area contributed by atoms with Crippen LogP contribution in [-0.4, -0.2) is 10.9 Å². The summed E-state index contributed by atoms with van der Waals surface area (Å²) in [5, 5.41) is 3.00. The van der Waals surface area contributed by atoms with E-state index in [2.05, 4.69) is 10.3 Å². The quantitative estimate of drug-likeness (QED) is 0.808. The predicted octanol–water partition coefficient (Wildman–Crippen LogP) is 4.02. The largest absolute Gasteiger partial charge is 0.319 e. The fraction of sp³-hybridized carbons (Fsp3) is 0. The lowest BCUT2D eigenvalue weighted by atomic mass is 10.1. The highest BCUT2D eigenvalue weighted by Crippen LogP contribution is 2.36. The van der Waals surface area contributed by atoms with Crippen LogP contribution in [0.3, 0.4) is 0 Å². The third-order valence-electron chi connectivity index (χ3n) is 2.92. The summed E-state index contributed by atoms with van der Waals surface area (Å²) in [6.45, 7) is 0. The Balaban J connectivity index is 2.16. The highest BCUT2D eigenvalue weighted by molar-refractivity contribution is 6.40. The van der Waals surface area contributed by atoms with Gasteiger partial charge in [0, 0.05) is 11.8 Å². The van der Waals surface area contributed by atoms with Gasteiger partial charge < -0.3 is 5.32 Å². The zero-order chi connectivity index (χ0) is 14.3. The zero-order valence-electron chi connectivity index (χ0n) is 9.95. The molecule has 0 saturated carbocycles. The van der Waals surface area contributed by atoms with Crippen molar-refractivity contribution in [2.75, 3.05) is 5.32 Å². The number of anilines is 1. The van der Waals surface area contributed by atoms with Crippen molar-refractivity contribution >= 4 is 46.4 Å². The van der Waals surface area contributed by atoms with Gasteiger partial charge in [0.25, 0.3) is 5.91 Å². The molecule has 0 atom stereocenters. The fourth-order valence-electron chi connectivity index (χ4n) is 1.97. The summed E-state index contributed by atoms with van der Waals surface area (Å²) in [5.74, 6) is -0.954. The number of hydrogen-bond acceptors (Lipinski definition) is 2. The van der Waals surface area contributed by atoms with Crippen molar-refractivity contribution in [2.45, 2.75) is 0 Å². The van der Waals surface area contributed by atoms with Crippen molar-refractivity contribution in [1.29, 1.82) is 0 Å². The van der Waals surface area contributed by atoms with Crippen LogP contribution in [0, 0.1) is 5.82 Å². The van der Waals surface area contributed by atoms with Gasteiger partial charge in [0.05, 0.1) is 21.3 Å². The smallest absolute Gasteiger partial charge is 0.258 e. The maximum Gasteiger partial charge on any atom is 0.258 e. The molecule has 1 N–H and O–H groups in total. The molecule has 2 aromatic rings. The molecule has 100 valence electrons. The highest BCUT2D eigenvalue weighted by atomic mass is 35.5. The van der Waals surface area contributed by atoms with E-state index in [9.17, 15) is 9.18 Å². The zero-order valence-corrected chi connectivity index (χ0v) is 11.5. The fourth-order valence-corrected chi connectivity index (χ4v) is 2.35. The average Bonchev–Trinajstić information content (AvgIpc) is 2.74. The molecule has 20 heavy (non-hydrogen) atoms. The van der Waals surface area contributed by atoms with Crippen LogP contribution in [0.1, 0.15) is 11.3 Å². The molecule has 2 heterocycles. The molecule has 0 radical (unpaired) electrons. The number of amides is 1. The number of carbonyl (C=O) groups is 1. The number of benzene rings is 1. The van der Waals surface area contributed by atoms with Gasteiger partial charge in [-0.2, -0.15) is 0 Å². The van der Waals surface area contributed by atoms with E-state index in [0.717, 1.165) is 0 Å². The second kappa shape index (κ2) is 4.89. The van der Waals surface area contributed by atoms with Gasteiger partial charge in [-0.15, -0.1) is 0 Å². The molecule has 0 bridgehead atoms. The second-order valence-electron chi connectivity index (χ2n) is 4.17. The summed E-state index contributed by atoms with van der Waals surface area (Å²) < 4.78 is 13.9. The minimum Gasteiger partial charge on any atom is -0.319 e. The number of hydrogen-bond donors (Lipinski definition) is 1. The first-order valence-electron chi connectivity index (χ1n) is 5.70. The van der Waals surface area contributed by atoms with Crippen LogP contribution >= 0.6 is 23.2 Å². The lowest BCUT2D eigenvalue weighted by Gasteiger charge is -2.01. The van der Waals surface area contributed by atoms with Crippen LogP contribution in [0.5, 0.6) is 0 Å². The summed E-state index contributed by atoms with van der Waals surface area (Å²) in [7, 11) is 0.